The van der Waals surface area contributed by atoms with Crippen LogP contribution in [0, 0.1) is 20.8 Å². The van der Waals surface area contributed by atoms with Gasteiger partial charge in [0.25, 0.3) is 5.91 Å². The summed E-state index contributed by atoms with van der Waals surface area (Å²) in [6.07, 6.45) is 3.31. The van der Waals surface area contributed by atoms with Gasteiger partial charge in [-0.1, -0.05) is 17.7 Å². The normalized spacial score (nSPS) is 10.2. The van der Waals surface area contributed by atoms with Crippen molar-refractivity contribution in [1.82, 2.24) is 4.98 Å². The van der Waals surface area contributed by atoms with E-state index in [2.05, 4.69) is 10.3 Å². The number of nitrogens with zero attached hydrogens (tertiary/aromatic N) is 1. The van der Waals surface area contributed by atoms with E-state index in [1.807, 2.05) is 32.9 Å². The summed E-state index contributed by atoms with van der Waals surface area (Å²) in [5.41, 5.74) is 4.68. The molecule has 92 valence electrons. The van der Waals surface area contributed by atoms with Crippen molar-refractivity contribution in [1.29, 1.82) is 0 Å². The third kappa shape index (κ3) is 2.56. The van der Waals surface area contributed by atoms with Gasteiger partial charge in [0.15, 0.2) is 0 Å². The summed E-state index contributed by atoms with van der Waals surface area (Å²) in [7, 11) is 0. The number of nitrogens with one attached hydrogen (secondary N) is 1. The van der Waals surface area contributed by atoms with Crippen molar-refractivity contribution >= 4 is 11.6 Å². The first-order valence-electron chi connectivity index (χ1n) is 5.87. The molecule has 0 aliphatic carbocycles. The number of carbonyl (C=O) groups excluding carboxylic acids is 1. The van der Waals surface area contributed by atoms with E-state index in [0.717, 1.165) is 22.4 Å². The van der Waals surface area contributed by atoms with E-state index >= 15 is 0 Å². The summed E-state index contributed by atoms with van der Waals surface area (Å²) in [6.45, 7) is 5.95. The fraction of sp³-hybridized carbons (Fsp3) is 0.200. The molecular formula is C15H16N2O. The number of pyridine rings is 1. The van der Waals surface area contributed by atoms with Gasteiger partial charge in [-0.3, -0.25) is 9.78 Å². The van der Waals surface area contributed by atoms with Crippen molar-refractivity contribution in [3.05, 3.63) is 58.9 Å². The standard InChI is InChI=1S/C15H16N2O/c1-10-8-11(2)14(12(3)9-10)15(18)17-13-4-6-16-7-5-13/h4-9H,1-3H3,(H,16,17,18). The lowest BCUT2D eigenvalue weighted by atomic mass is 9.99. The predicted molar refractivity (Wildman–Crippen MR) is 72.8 cm³/mol. The number of aromatic nitrogens is 1. The number of rotatable bonds is 2. The Morgan fingerprint density at radius 1 is 1.06 bits per heavy atom. The highest BCUT2D eigenvalue weighted by Gasteiger charge is 2.12. The molecule has 0 saturated carbocycles. The van der Waals surface area contributed by atoms with E-state index in [1.165, 1.54) is 5.56 Å². The van der Waals surface area contributed by atoms with Gasteiger partial charge in [-0.2, -0.15) is 0 Å². The Morgan fingerprint density at radius 3 is 2.17 bits per heavy atom. The van der Waals surface area contributed by atoms with Gasteiger partial charge in [-0.05, 0) is 44.0 Å². The summed E-state index contributed by atoms with van der Waals surface area (Å²) in [6, 6.07) is 7.59. The van der Waals surface area contributed by atoms with Crippen LogP contribution in [0.3, 0.4) is 0 Å². The summed E-state index contributed by atoms with van der Waals surface area (Å²) >= 11 is 0. The van der Waals surface area contributed by atoms with Crippen LogP contribution in [-0.2, 0) is 0 Å². The second kappa shape index (κ2) is 5.00. The molecule has 18 heavy (non-hydrogen) atoms. The van der Waals surface area contributed by atoms with Gasteiger partial charge in [0.1, 0.15) is 0 Å². The van der Waals surface area contributed by atoms with Crippen molar-refractivity contribution in [2.75, 3.05) is 5.32 Å². The van der Waals surface area contributed by atoms with E-state index < -0.39 is 0 Å². The molecule has 1 aromatic carbocycles. The zero-order chi connectivity index (χ0) is 13.1. The Labute approximate surface area is 107 Å². The van der Waals surface area contributed by atoms with Gasteiger partial charge in [0.05, 0.1) is 0 Å². The second-order valence-electron chi connectivity index (χ2n) is 4.46. The largest absolute Gasteiger partial charge is 0.322 e. The Hall–Kier alpha value is -2.16. The van der Waals surface area contributed by atoms with Gasteiger partial charge in [0.2, 0.25) is 0 Å². The minimum absolute atomic E-state index is 0.0730. The van der Waals surface area contributed by atoms with E-state index in [4.69, 9.17) is 0 Å². The zero-order valence-electron chi connectivity index (χ0n) is 10.8. The predicted octanol–water partition coefficient (Wildman–Crippen LogP) is 3.26. The minimum Gasteiger partial charge on any atom is -0.322 e. The molecule has 0 bridgehead atoms. The van der Waals surface area contributed by atoms with E-state index in [9.17, 15) is 4.79 Å². The van der Waals surface area contributed by atoms with Gasteiger partial charge >= 0.3 is 0 Å². The van der Waals surface area contributed by atoms with Gasteiger partial charge in [0, 0.05) is 23.6 Å². The maximum Gasteiger partial charge on any atom is 0.256 e. The summed E-state index contributed by atoms with van der Waals surface area (Å²) in [4.78, 5) is 16.2. The highest BCUT2D eigenvalue weighted by atomic mass is 16.1. The monoisotopic (exact) mass is 240 g/mol. The molecule has 0 atom stereocenters. The molecule has 1 heterocycles. The maximum absolute atomic E-state index is 12.2. The molecule has 0 unspecified atom stereocenters. The number of benzene rings is 1. The first kappa shape index (κ1) is 12.3. The molecular weight excluding hydrogens is 224 g/mol. The lowest BCUT2D eigenvalue weighted by Gasteiger charge is -2.11. The number of hydrogen-bond donors (Lipinski definition) is 1. The number of aryl methyl sites for hydroxylation is 3. The molecule has 0 aliphatic heterocycles. The summed E-state index contributed by atoms with van der Waals surface area (Å²) in [5, 5.41) is 2.88. The van der Waals surface area contributed by atoms with Crippen molar-refractivity contribution < 1.29 is 4.79 Å². The van der Waals surface area contributed by atoms with Crippen LogP contribution in [0.4, 0.5) is 5.69 Å². The van der Waals surface area contributed by atoms with Crippen LogP contribution in [-0.4, -0.2) is 10.9 Å². The van der Waals surface area contributed by atoms with Crippen molar-refractivity contribution in [2.24, 2.45) is 0 Å². The fourth-order valence-corrected chi connectivity index (χ4v) is 2.17. The maximum atomic E-state index is 12.2. The van der Waals surface area contributed by atoms with Crippen LogP contribution in [0.15, 0.2) is 36.7 Å². The zero-order valence-corrected chi connectivity index (χ0v) is 10.8. The van der Waals surface area contributed by atoms with Crippen LogP contribution in [0.1, 0.15) is 27.0 Å². The Morgan fingerprint density at radius 2 is 1.61 bits per heavy atom. The number of carbonyl (C=O) groups is 1. The third-order valence-electron chi connectivity index (χ3n) is 2.84. The summed E-state index contributed by atoms with van der Waals surface area (Å²) in [5.74, 6) is -0.0730. The second-order valence-corrected chi connectivity index (χ2v) is 4.46. The molecule has 0 aliphatic rings. The molecule has 1 amide bonds. The first-order chi connectivity index (χ1) is 8.58. The topological polar surface area (TPSA) is 42.0 Å². The molecule has 3 nitrogen and oxygen atoms in total. The Balaban J connectivity index is 2.30. The smallest absolute Gasteiger partial charge is 0.256 e. The molecule has 0 radical (unpaired) electrons. The highest BCUT2D eigenvalue weighted by molar-refractivity contribution is 6.06. The average Bonchev–Trinajstić information content (AvgIpc) is 2.28. The minimum atomic E-state index is -0.0730. The quantitative estimate of drug-likeness (QED) is 0.875. The molecule has 1 N–H and O–H groups in total. The lowest BCUT2D eigenvalue weighted by Crippen LogP contribution is -2.15. The fourth-order valence-electron chi connectivity index (χ4n) is 2.17. The average molecular weight is 240 g/mol. The lowest BCUT2D eigenvalue weighted by molar-refractivity contribution is 0.102. The molecule has 0 fully saturated rings. The van der Waals surface area contributed by atoms with Crippen molar-refractivity contribution in [3.63, 3.8) is 0 Å². The molecule has 2 aromatic rings. The van der Waals surface area contributed by atoms with E-state index in [0.29, 0.717) is 0 Å². The Bertz CT molecular complexity index is 553. The van der Waals surface area contributed by atoms with Crippen LogP contribution in [0.2, 0.25) is 0 Å². The summed E-state index contributed by atoms with van der Waals surface area (Å²) < 4.78 is 0. The molecule has 0 saturated heterocycles. The van der Waals surface area contributed by atoms with Crippen LogP contribution >= 0.6 is 0 Å². The van der Waals surface area contributed by atoms with Crippen molar-refractivity contribution in [3.8, 4) is 0 Å². The van der Waals surface area contributed by atoms with Crippen LogP contribution in [0.25, 0.3) is 0 Å². The van der Waals surface area contributed by atoms with Crippen molar-refractivity contribution in [2.45, 2.75) is 20.8 Å². The number of anilines is 1. The van der Waals surface area contributed by atoms with E-state index in [-0.39, 0.29) is 5.91 Å². The SMILES string of the molecule is Cc1cc(C)c(C(=O)Nc2ccncc2)c(C)c1. The highest BCUT2D eigenvalue weighted by Crippen LogP contribution is 2.18. The van der Waals surface area contributed by atoms with Gasteiger partial charge < -0.3 is 5.32 Å². The van der Waals surface area contributed by atoms with E-state index in [1.54, 1.807) is 24.5 Å². The molecule has 0 spiro atoms. The first-order valence-corrected chi connectivity index (χ1v) is 5.87. The molecule has 3 heteroatoms. The molecule has 1 aromatic heterocycles. The third-order valence-corrected chi connectivity index (χ3v) is 2.84. The van der Waals surface area contributed by atoms with Crippen LogP contribution in [0.5, 0.6) is 0 Å². The van der Waals surface area contributed by atoms with Gasteiger partial charge in [-0.15, -0.1) is 0 Å². The number of hydrogen-bond acceptors (Lipinski definition) is 2. The number of amides is 1. The Kier molecular flexibility index (Phi) is 3.42. The molecule has 2 rings (SSSR count). The van der Waals surface area contributed by atoms with Crippen LogP contribution < -0.4 is 5.32 Å². The van der Waals surface area contributed by atoms with Gasteiger partial charge in [-0.25, -0.2) is 0 Å².